The molecule has 1 aromatic heterocycles. The van der Waals surface area contributed by atoms with E-state index in [2.05, 4.69) is 4.98 Å². The molecule has 0 radical (unpaired) electrons. The lowest BCUT2D eigenvalue weighted by Gasteiger charge is -2.35. The Labute approximate surface area is 178 Å². The molecule has 2 aliphatic rings. The molecule has 2 aromatic carbocycles. The van der Waals surface area contributed by atoms with Gasteiger partial charge in [-0.2, -0.15) is 0 Å². The van der Waals surface area contributed by atoms with Crippen molar-refractivity contribution >= 4 is 27.5 Å². The first-order valence-corrected chi connectivity index (χ1v) is 10.8. The van der Waals surface area contributed by atoms with Crippen LogP contribution in [0, 0.1) is 0 Å². The van der Waals surface area contributed by atoms with Gasteiger partial charge in [-0.3, -0.25) is 4.79 Å². The molecule has 0 spiro atoms. The lowest BCUT2D eigenvalue weighted by molar-refractivity contribution is -0.143. The second-order valence-electron chi connectivity index (χ2n) is 7.32. The smallest absolute Gasteiger partial charge is 0.274 e. The van der Waals surface area contributed by atoms with Crippen LogP contribution in [0.4, 0.5) is 0 Å². The number of carbonyl (C=O) groups excluding carboxylic acids is 1. The largest absolute Gasteiger partial charge is 0.497 e. The molecule has 0 aliphatic carbocycles. The summed E-state index contributed by atoms with van der Waals surface area (Å²) in [5.74, 6) is 2.05. The van der Waals surface area contributed by atoms with Gasteiger partial charge in [-0.05, 0) is 24.3 Å². The molecule has 156 valence electrons. The summed E-state index contributed by atoms with van der Waals surface area (Å²) in [7, 11) is 1.64. The highest BCUT2D eigenvalue weighted by Crippen LogP contribution is 2.33. The van der Waals surface area contributed by atoms with Crippen molar-refractivity contribution in [2.45, 2.75) is 25.0 Å². The first-order valence-electron chi connectivity index (χ1n) is 9.98. The van der Waals surface area contributed by atoms with Crippen LogP contribution in [0.1, 0.15) is 12.8 Å². The normalized spacial score (nSPS) is 19.0. The second-order valence-corrected chi connectivity index (χ2v) is 8.31. The van der Waals surface area contributed by atoms with Gasteiger partial charge in [0.2, 0.25) is 6.10 Å². The summed E-state index contributed by atoms with van der Waals surface area (Å²) in [5, 5.41) is 0.656. The Bertz CT molecular complexity index is 1060. The highest BCUT2D eigenvalue weighted by atomic mass is 32.1. The number of nitrogens with zero attached hydrogens (tertiary/aromatic N) is 2. The molecule has 3 heterocycles. The molecular formula is C22H22N2O5S. The van der Waals surface area contributed by atoms with E-state index < -0.39 is 6.10 Å². The maximum atomic E-state index is 12.9. The van der Waals surface area contributed by atoms with Crippen LogP contribution < -0.4 is 18.9 Å². The zero-order chi connectivity index (χ0) is 20.5. The molecule has 1 saturated heterocycles. The van der Waals surface area contributed by atoms with Gasteiger partial charge in [0.15, 0.2) is 11.5 Å². The topological polar surface area (TPSA) is 70.1 Å². The number of benzene rings is 2. The summed E-state index contributed by atoms with van der Waals surface area (Å²) in [6.07, 6.45) is 0.960. The molecule has 1 atom stereocenters. The van der Waals surface area contributed by atoms with Crippen molar-refractivity contribution in [1.82, 2.24) is 9.88 Å². The number of fused-ring (bicyclic) bond motifs is 2. The Morgan fingerprint density at radius 1 is 1.17 bits per heavy atom. The SMILES string of the molecule is COc1ccc2sc(OC3CCN(C(=O)C4COc5ccccc5O4)CC3)nc2c1. The first kappa shape index (κ1) is 19.0. The lowest BCUT2D eigenvalue weighted by Crippen LogP contribution is -2.50. The number of amides is 1. The van der Waals surface area contributed by atoms with Crippen LogP contribution in [0.3, 0.4) is 0 Å². The predicted molar refractivity (Wildman–Crippen MR) is 113 cm³/mol. The van der Waals surface area contributed by atoms with E-state index in [1.165, 1.54) is 11.3 Å². The maximum Gasteiger partial charge on any atom is 0.274 e. The monoisotopic (exact) mass is 426 g/mol. The molecule has 3 aromatic rings. The van der Waals surface area contributed by atoms with Gasteiger partial charge in [0.25, 0.3) is 11.1 Å². The Kier molecular flexibility index (Phi) is 5.08. The van der Waals surface area contributed by atoms with Gasteiger partial charge in [0.05, 0.1) is 17.3 Å². The fourth-order valence-electron chi connectivity index (χ4n) is 3.74. The molecule has 1 amide bonds. The van der Waals surface area contributed by atoms with E-state index in [-0.39, 0.29) is 18.6 Å². The van der Waals surface area contributed by atoms with Crippen molar-refractivity contribution in [3.63, 3.8) is 0 Å². The summed E-state index contributed by atoms with van der Waals surface area (Å²) in [4.78, 5) is 19.3. The van der Waals surface area contributed by atoms with Crippen LogP contribution in [-0.4, -0.2) is 54.8 Å². The maximum absolute atomic E-state index is 12.9. The Balaban J connectivity index is 1.17. The van der Waals surface area contributed by atoms with Gasteiger partial charge in [-0.25, -0.2) is 4.98 Å². The third kappa shape index (κ3) is 3.75. The number of carbonyl (C=O) groups is 1. The van der Waals surface area contributed by atoms with Gasteiger partial charge in [-0.1, -0.05) is 23.5 Å². The van der Waals surface area contributed by atoms with Crippen molar-refractivity contribution in [2.24, 2.45) is 0 Å². The van der Waals surface area contributed by atoms with Crippen LogP contribution in [0.15, 0.2) is 42.5 Å². The fraction of sp³-hybridized carbons (Fsp3) is 0.364. The van der Waals surface area contributed by atoms with Crippen LogP contribution >= 0.6 is 11.3 Å². The quantitative estimate of drug-likeness (QED) is 0.636. The number of hydrogen-bond donors (Lipinski definition) is 0. The number of piperidine rings is 1. The number of hydrogen-bond acceptors (Lipinski definition) is 7. The van der Waals surface area contributed by atoms with E-state index in [1.807, 2.05) is 47.4 Å². The van der Waals surface area contributed by atoms with Crippen LogP contribution in [0.5, 0.6) is 22.4 Å². The fourth-order valence-corrected chi connectivity index (χ4v) is 4.61. The predicted octanol–water partition coefficient (Wildman–Crippen LogP) is 3.51. The Hall–Kier alpha value is -3.00. The van der Waals surface area contributed by atoms with E-state index in [0.29, 0.717) is 29.8 Å². The molecule has 0 bridgehead atoms. The number of aromatic nitrogens is 1. The molecule has 0 N–H and O–H groups in total. The van der Waals surface area contributed by atoms with Gasteiger partial charge in [-0.15, -0.1) is 0 Å². The van der Waals surface area contributed by atoms with Gasteiger partial charge in [0, 0.05) is 32.0 Å². The molecule has 7 nitrogen and oxygen atoms in total. The van der Waals surface area contributed by atoms with Crippen molar-refractivity contribution in [3.8, 4) is 22.4 Å². The van der Waals surface area contributed by atoms with Crippen LogP contribution in [0.25, 0.3) is 10.2 Å². The highest BCUT2D eigenvalue weighted by molar-refractivity contribution is 7.20. The van der Waals surface area contributed by atoms with E-state index >= 15 is 0 Å². The molecule has 2 aliphatic heterocycles. The van der Waals surface area contributed by atoms with E-state index in [1.54, 1.807) is 7.11 Å². The zero-order valence-corrected chi connectivity index (χ0v) is 17.4. The number of thiazole rings is 1. The minimum Gasteiger partial charge on any atom is -0.497 e. The number of para-hydroxylation sites is 2. The third-order valence-electron chi connectivity index (χ3n) is 5.38. The van der Waals surface area contributed by atoms with E-state index in [4.69, 9.17) is 18.9 Å². The summed E-state index contributed by atoms with van der Waals surface area (Å²) in [6.45, 7) is 1.49. The molecule has 1 fully saturated rings. The molecular weight excluding hydrogens is 404 g/mol. The van der Waals surface area contributed by atoms with Crippen molar-refractivity contribution in [2.75, 3.05) is 26.8 Å². The lowest BCUT2D eigenvalue weighted by atomic mass is 10.1. The summed E-state index contributed by atoms with van der Waals surface area (Å²) < 4.78 is 24.0. The summed E-state index contributed by atoms with van der Waals surface area (Å²) in [5.41, 5.74) is 0.872. The highest BCUT2D eigenvalue weighted by Gasteiger charge is 2.33. The molecule has 1 unspecified atom stereocenters. The third-order valence-corrected chi connectivity index (χ3v) is 6.31. The number of ether oxygens (including phenoxy) is 4. The van der Waals surface area contributed by atoms with E-state index in [9.17, 15) is 4.79 Å². The standard InChI is InChI=1S/C22H22N2O5S/c1-26-15-6-7-20-16(12-15)23-22(30-20)28-14-8-10-24(11-9-14)21(25)19-13-27-17-4-2-3-5-18(17)29-19/h2-7,12,14,19H,8-11,13H2,1H3. The molecule has 8 heteroatoms. The number of rotatable bonds is 4. The summed E-state index contributed by atoms with van der Waals surface area (Å²) in [6, 6.07) is 13.2. The molecule has 5 rings (SSSR count). The van der Waals surface area contributed by atoms with E-state index in [0.717, 1.165) is 28.8 Å². The van der Waals surface area contributed by atoms with Gasteiger partial charge < -0.3 is 23.8 Å². The first-order chi connectivity index (χ1) is 14.7. The average molecular weight is 426 g/mol. The van der Waals surface area contributed by atoms with Crippen molar-refractivity contribution < 1.29 is 23.7 Å². The minimum atomic E-state index is -0.600. The van der Waals surface area contributed by atoms with Gasteiger partial charge in [0.1, 0.15) is 18.5 Å². The molecule has 0 saturated carbocycles. The second kappa shape index (κ2) is 8.02. The Morgan fingerprint density at radius 2 is 1.97 bits per heavy atom. The number of likely N-dealkylation sites (tertiary alicyclic amines) is 1. The van der Waals surface area contributed by atoms with Crippen LogP contribution in [-0.2, 0) is 4.79 Å². The van der Waals surface area contributed by atoms with Crippen molar-refractivity contribution in [1.29, 1.82) is 0 Å². The number of methoxy groups -OCH3 is 1. The van der Waals surface area contributed by atoms with Crippen molar-refractivity contribution in [3.05, 3.63) is 42.5 Å². The van der Waals surface area contributed by atoms with Crippen LogP contribution in [0.2, 0.25) is 0 Å². The Morgan fingerprint density at radius 3 is 2.77 bits per heavy atom. The van der Waals surface area contributed by atoms with Gasteiger partial charge >= 0.3 is 0 Å². The minimum absolute atomic E-state index is 0.0324. The summed E-state index contributed by atoms with van der Waals surface area (Å²) >= 11 is 1.53. The average Bonchev–Trinajstić information content (AvgIpc) is 3.20. The zero-order valence-electron chi connectivity index (χ0n) is 16.6. The molecule has 30 heavy (non-hydrogen) atoms.